The summed E-state index contributed by atoms with van der Waals surface area (Å²) in [5, 5.41) is 15.0. The van der Waals surface area contributed by atoms with Crippen molar-refractivity contribution in [2.24, 2.45) is 4.99 Å². The maximum absolute atomic E-state index is 6.19. The van der Waals surface area contributed by atoms with Gasteiger partial charge in [0.05, 0.1) is 19.8 Å². The minimum absolute atomic E-state index is 0. The lowest BCUT2D eigenvalue weighted by Crippen LogP contribution is -2.36. The van der Waals surface area contributed by atoms with Gasteiger partial charge in [0.1, 0.15) is 0 Å². The lowest BCUT2D eigenvalue weighted by atomic mass is 10.2. The third-order valence-electron chi connectivity index (χ3n) is 5.31. The van der Waals surface area contributed by atoms with Gasteiger partial charge in [0.15, 0.2) is 28.9 Å². The molecular weight excluding hydrogens is 507 g/mol. The summed E-state index contributed by atoms with van der Waals surface area (Å²) in [7, 11) is 3.43. The highest BCUT2D eigenvalue weighted by Crippen LogP contribution is 2.32. The van der Waals surface area contributed by atoms with E-state index in [1.165, 1.54) is 12.8 Å². The summed E-state index contributed by atoms with van der Waals surface area (Å²) in [5.41, 5.74) is 1.92. The molecule has 0 amide bonds. The lowest BCUT2D eigenvalue weighted by Gasteiger charge is -2.17. The number of benzene rings is 1. The van der Waals surface area contributed by atoms with Gasteiger partial charge in [-0.1, -0.05) is 12.1 Å². The molecule has 2 N–H and O–H groups in total. The van der Waals surface area contributed by atoms with E-state index >= 15 is 0 Å². The first-order valence-corrected chi connectivity index (χ1v) is 10.3. The van der Waals surface area contributed by atoms with E-state index in [1.54, 1.807) is 14.2 Å². The van der Waals surface area contributed by atoms with E-state index in [9.17, 15) is 0 Å². The molecule has 2 heterocycles. The van der Waals surface area contributed by atoms with Gasteiger partial charge in [0.2, 0.25) is 0 Å². The molecule has 1 aromatic carbocycles. The average Bonchev–Trinajstić information content (AvgIpc) is 3.44. The first-order chi connectivity index (χ1) is 14.8. The lowest BCUT2D eigenvalue weighted by molar-refractivity contribution is 0.200. The molecule has 1 aliphatic carbocycles. The van der Waals surface area contributed by atoms with Gasteiger partial charge < -0.3 is 20.1 Å². The predicted octanol–water partition coefficient (Wildman–Crippen LogP) is 3.54. The van der Waals surface area contributed by atoms with E-state index in [0.717, 1.165) is 41.4 Å². The van der Waals surface area contributed by atoms with Crippen molar-refractivity contribution in [1.82, 2.24) is 25.2 Å². The average molecular weight is 536 g/mol. The van der Waals surface area contributed by atoms with Crippen LogP contribution in [0.15, 0.2) is 47.6 Å². The topological polar surface area (TPSA) is 85.1 Å². The number of rotatable bonds is 7. The van der Waals surface area contributed by atoms with Gasteiger partial charge in [-0.2, -0.15) is 0 Å². The van der Waals surface area contributed by atoms with Gasteiger partial charge in [-0.3, -0.25) is 9.39 Å². The Balaban J connectivity index is 0.00000272. The van der Waals surface area contributed by atoms with Gasteiger partial charge >= 0.3 is 0 Å². The molecule has 0 unspecified atom stereocenters. The van der Waals surface area contributed by atoms with E-state index in [2.05, 4.69) is 25.8 Å². The van der Waals surface area contributed by atoms with Crippen LogP contribution in [0.4, 0.5) is 0 Å². The normalized spacial score (nSPS) is 14.3. The van der Waals surface area contributed by atoms with Crippen LogP contribution in [0.3, 0.4) is 0 Å². The van der Waals surface area contributed by atoms with E-state index in [4.69, 9.17) is 9.47 Å². The molecular formula is C22H29IN6O2. The molecule has 166 valence electrons. The Bertz CT molecular complexity index is 1020. The van der Waals surface area contributed by atoms with Gasteiger partial charge in [-0.15, -0.1) is 34.2 Å². The molecule has 31 heavy (non-hydrogen) atoms. The molecule has 1 aliphatic rings. The summed E-state index contributed by atoms with van der Waals surface area (Å²) in [6, 6.07) is 11.9. The number of pyridine rings is 1. The van der Waals surface area contributed by atoms with Gasteiger partial charge in [0.25, 0.3) is 0 Å². The minimum Gasteiger partial charge on any atom is -0.493 e. The van der Waals surface area contributed by atoms with Crippen LogP contribution in [0.2, 0.25) is 0 Å². The van der Waals surface area contributed by atoms with E-state index in [-0.39, 0.29) is 30.1 Å². The molecule has 0 spiro atoms. The van der Waals surface area contributed by atoms with E-state index in [1.807, 2.05) is 47.0 Å². The van der Waals surface area contributed by atoms with Crippen LogP contribution in [0.5, 0.6) is 11.5 Å². The predicted molar refractivity (Wildman–Crippen MR) is 131 cm³/mol. The SMILES string of the molecule is CN=C(NCc1ccc(OC)c(OC2CCCC2)c1)NCc1nnc2ccccn12.I. The Kier molecular flexibility index (Phi) is 8.33. The standard InChI is InChI=1S/C22H28N6O2.HI/c1-23-22(25-15-21-27-26-20-9-5-6-12-28(20)21)24-14-16-10-11-18(29-2)19(13-16)30-17-7-3-4-8-17;/h5-6,9-13,17H,3-4,7-8,14-15H2,1-2H3,(H2,23,24,25);1H. The van der Waals surface area contributed by atoms with Crippen LogP contribution < -0.4 is 20.1 Å². The van der Waals surface area contributed by atoms with Crippen LogP contribution in [0.25, 0.3) is 5.65 Å². The zero-order valence-electron chi connectivity index (χ0n) is 17.9. The van der Waals surface area contributed by atoms with Crippen LogP contribution in [-0.4, -0.2) is 40.8 Å². The smallest absolute Gasteiger partial charge is 0.191 e. The van der Waals surface area contributed by atoms with Crippen molar-refractivity contribution in [2.45, 2.75) is 44.9 Å². The third-order valence-corrected chi connectivity index (χ3v) is 5.31. The highest BCUT2D eigenvalue weighted by molar-refractivity contribution is 14.0. The zero-order valence-corrected chi connectivity index (χ0v) is 20.2. The van der Waals surface area contributed by atoms with Crippen molar-refractivity contribution in [3.8, 4) is 11.5 Å². The highest BCUT2D eigenvalue weighted by atomic mass is 127. The second-order valence-electron chi connectivity index (χ2n) is 7.33. The Morgan fingerprint density at radius 2 is 1.90 bits per heavy atom. The van der Waals surface area contributed by atoms with Crippen LogP contribution in [0, 0.1) is 0 Å². The molecule has 0 radical (unpaired) electrons. The first-order valence-electron chi connectivity index (χ1n) is 10.3. The first kappa shape index (κ1) is 23.1. The zero-order chi connectivity index (χ0) is 20.8. The number of ether oxygens (including phenoxy) is 2. The molecule has 3 aromatic rings. The molecule has 0 atom stereocenters. The molecule has 8 nitrogen and oxygen atoms in total. The summed E-state index contributed by atoms with van der Waals surface area (Å²) >= 11 is 0. The summed E-state index contributed by atoms with van der Waals surface area (Å²) in [6.07, 6.45) is 6.93. The largest absolute Gasteiger partial charge is 0.493 e. The monoisotopic (exact) mass is 536 g/mol. The molecule has 4 rings (SSSR count). The van der Waals surface area contributed by atoms with Crippen LogP contribution >= 0.6 is 24.0 Å². The number of aliphatic imine (C=N–C) groups is 1. The quantitative estimate of drug-likeness (QED) is 0.273. The number of hydrogen-bond donors (Lipinski definition) is 2. The fraction of sp³-hybridized carbons (Fsp3) is 0.409. The van der Waals surface area contributed by atoms with Crippen molar-refractivity contribution in [1.29, 1.82) is 0 Å². The molecule has 0 aliphatic heterocycles. The van der Waals surface area contributed by atoms with Gasteiger partial charge in [-0.25, -0.2) is 0 Å². The fourth-order valence-corrected chi connectivity index (χ4v) is 3.69. The Labute approximate surface area is 199 Å². The molecule has 0 saturated heterocycles. The van der Waals surface area contributed by atoms with Gasteiger partial charge in [0, 0.05) is 19.8 Å². The third kappa shape index (κ3) is 5.78. The fourth-order valence-electron chi connectivity index (χ4n) is 3.69. The number of nitrogens with zero attached hydrogens (tertiary/aromatic N) is 4. The van der Waals surface area contributed by atoms with Crippen molar-refractivity contribution >= 4 is 35.6 Å². The second-order valence-corrected chi connectivity index (χ2v) is 7.33. The second kappa shape index (κ2) is 11.2. The van der Waals surface area contributed by atoms with E-state index < -0.39 is 0 Å². The Morgan fingerprint density at radius 1 is 1.10 bits per heavy atom. The molecule has 2 aromatic heterocycles. The number of nitrogens with one attached hydrogen (secondary N) is 2. The minimum atomic E-state index is 0. The van der Waals surface area contributed by atoms with Crippen LogP contribution in [0.1, 0.15) is 37.1 Å². The number of hydrogen-bond acceptors (Lipinski definition) is 5. The van der Waals surface area contributed by atoms with Crippen molar-refractivity contribution in [3.63, 3.8) is 0 Å². The maximum atomic E-state index is 6.19. The summed E-state index contributed by atoms with van der Waals surface area (Å²) in [5.74, 6) is 3.09. The number of aromatic nitrogens is 3. The molecule has 1 saturated carbocycles. The highest BCUT2D eigenvalue weighted by Gasteiger charge is 2.18. The summed E-state index contributed by atoms with van der Waals surface area (Å²) < 4.78 is 13.6. The molecule has 1 fully saturated rings. The summed E-state index contributed by atoms with van der Waals surface area (Å²) in [6.45, 7) is 1.13. The van der Waals surface area contributed by atoms with Gasteiger partial charge in [-0.05, 0) is 55.5 Å². The number of guanidine groups is 1. The number of halogens is 1. The molecule has 9 heteroatoms. The number of fused-ring (bicyclic) bond motifs is 1. The Morgan fingerprint density at radius 3 is 2.68 bits per heavy atom. The summed E-state index contributed by atoms with van der Waals surface area (Å²) in [4.78, 5) is 4.30. The van der Waals surface area contributed by atoms with Crippen molar-refractivity contribution in [2.75, 3.05) is 14.2 Å². The Hall–Kier alpha value is -2.56. The van der Waals surface area contributed by atoms with E-state index in [0.29, 0.717) is 19.0 Å². The molecule has 0 bridgehead atoms. The maximum Gasteiger partial charge on any atom is 0.191 e. The van der Waals surface area contributed by atoms with Crippen molar-refractivity contribution < 1.29 is 9.47 Å². The van der Waals surface area contributed by atoms with Crippen molar-refractivity contribution in [3.05, 3.63) is 54.0 Å². The number of methoxy groups -OCH3 is 1. The van der Waals surface area contributed by atoms with Crippen LogP contribution in [-0.2, 0) is 13.1 Å².